The molecule has 2 aliphatic carbocycles. The van der Waals surface area contributed by atoms with Crippen LogP contribution in [0, 0.1) is 0 Å². The van der Waals surface area contributed by atoms with Crippen molar-refractivity contribution in [3.63, 3.8) is 0 Å². The van der Waals surface area contributed by atoms with E-state index in [4.69, 9.17) is 0 Å². The number of fused-ring (bicyclic) bond motifs is 2. The first-order chi connectivity index (χ1) is 33.7. The Bertz CT molecular complexity index is 4180. The number of H-pyrrole nitrogens is 2. The first-order valence-corrected chi connectivity index (χ1v) is 23.8. The van der Waals surface area contributed by atoms with Gasteiger partial charge in [0.15, 0.2) is 0 Å². The summed E-state index contributed by atoms with van der Waals surface area (Å²) in [5.74, 6) is 0.209. The number of benzene rings is 11. The summed E-state index contributed by atoms with van der Waals surface area (Å²) in [5.41, 5.74) is 21.4. The molecular weight excluding hydrogens is 821 g/mol. The first kappa shape index (κ1) is 37.5. The fourth-order valence-corrected chi connectivity index (χ4v) is 11.9. The lowest BCUT2D eigenvalue weighted by Gasteiger charge is -2.29. The predicted octanol–water partition coefficient (Wildman–Crippen LogP) is 17.8. The van der Waals surface area contributed by atoms with E-state index in [0.717, 1.165) is 17.6 Å². The molecular formula is C66H42N2. The lowest BCUT2D eigenvalue weighted by atomic mass is 9.75. The van der Waals surface area contributed by atoms with Gasteiger partial charge in [-0.15, -0.1) is 0 Å². The minimum absolute atomic E-state index is 0.209. The molecule has 2 nitrogen and oxygen atoms in total. The molecule has 11 aromatic carbocycles. The van der Waals surface area contributed by atoms with Gasteiger partial charge in [0.1, 0.15) is 0 Å². The molecule has 0 amide bonds. The molecule has 1 atom stereocenters. The summed E-state index contributed by atoms with van der Waals surface area (Å²) in [6.45, 7) is 0. The largest absolute Gasteiger partial charge is 0.358 e. The van der Waals surface area contributed by atoms with Crippen molar-refractivity contribution in [1.29, 1.82) is 0 Å². The van der Waals surface area contributed by atoms with Crippen LogP contribution < -0.4 is 0 Å². The van der Waals surface area contributed by atoms with Crippen molar-refractivity contribution >= 4 is 76.5 Å². The molecule has 2 heteroatoms. The van der Waals surface area contributed by atoms with E-state index in [1.807, 2.05) is 0 Å². The minimum atomic E-state index is 0.209. The molecule has 1 unspecified atom stereocenters. The molecule has 0 radical (unpaired) electrons. The third-order valence-corrected chi connectivity index (χ3v) is 15.2. The molecule has 0 aliphatic heterocycles. The van der Waals surface area contributed by atoms with Gasteiger partial charge in [-0.05, 0) is 146 Å². The van der Waals surface area contributed by atoms with Crippen LogP contribution in [-0.4, -0.2) is 9.97 Å². The molecule has 2 aromatic heterocycles. The highest BCUT2D eigenvalue weighted by molar-refractivity contribution is 6.27. The van der Waals surface area contributed by atoms with Crippen LogP contribution >= 0.6 is 0 Å². The zero-order valence-electron chi connectivity index (χ0n) is 37.1. The minimum Gasteiger partial charge on any atom is -0.358 e. The molecule has 13 aromatic rings. The van der Waals surface area contributed by atoms with Crippen molar-refractivity contribution in [2.45, 2.75) is 12.3 Å². The van der Waals surface area contributed by atoms with Crippen molar-refractivity contribution in [2.24, 2.45) is 0 Å². The second-order valence-corrected chi connectivity index (χ2v) is 18.9. The van der Waals surface area contributed by atoms with E-state index in [1.165, 1.54) is 137 Å². The molecule has 0 spiro atoms. The third kappa shape index (κ3) is 5.64. The lowest BCUT2D eigenvalue weighted by Crippen LogP contribution is -2.10. The summed E-state index contributed by atoms with van der Waals surface area (Å²) in [6, 6.07) is 76.7. The Morgan fingerprint density at radius 3 is 1.50 bits per heavy atom. The SMILES string of the molecule is C1=CC(c2cc3ccccc3[nH]2)C2=CCc3ccc(-c4ccc(-c5ccc(-c6ccc(-c7ccc8ccc9c(-c%10cc%11ccccc%11[nH]%10)ccc%10ccc7c8c%109)cc6)cc5)cc4)c4ccc1c2c34. The monoisotopic (exact) mass is 862 g/mol. The highest BCUT2D eigenvalue weighted by atomic mass is 14.7. The summed E-state index contributed by atoms with van der Waals surface area (Å²) in [6.07, 6.45) is 8.11. The van der Waals surface area contributed by atoms with Crippen LogP contribution in [0.5, 0.6) is 0 Å². The highest BCUT2D eigenvalue weighted by Crippen LogP contribution is 2.49. The molecule has 15 rings (SSSR count). The fourth-order valence-electron chi connectivity index (χ4n) is 11.9. The van der Waals surface area contributed by atoms with E-state index in [2.05, 4.69) is 234 Å². The van der Waals surface area contributed by atoms with Crippen LogP contribution in [0.3, 0.4) is 0 Å². The van der Waals surface area contributed by atoms with Crippen molar-refractivity contribution in [2.75, 3.05) is 0 Å². The molecule has 68 heavy (non-hydrogen) atoms. The van der Waals surface area contributed by atoms with E-state index < -0.39 is 0 Å². The van der Waals surface area contributed by atoms with Crippen molar-refractivity contribution < 1.29 is 0 Å². The molecule has 0 saturated carbocycles. The number of nitrogens with one attached hydrogen (secondary N) is 2. The van der Waals surface area contributed by atoms with Gasteiger partial charge in [-0.1, -0.05) is 200 Å². The Labute approximate surface area is 393 Å². The van der Waals surface area contributed by atoms with Crippen LogP contribution in [-0.2, 0) is 6.42 Å². The standard InChI is InChI=1S/C66H42N2/c1-3-7-59-49(5-1)37-61(67-59)53-31-23-47-25-33-55-51(29-21-45-27-35-57(53)65(47)63(45)55)43-17-13-41(14-18-43)39-9-11-40(12-10-39)42-15-19-44(20-16-42)52-30-22-46-28-36-58-54(62-38-50-6-2-4-8-60(50)68-62)32-24-48-26-34-56(52)64(46)66(48)58/h1-27,29-38,54,67-68H,28H2. The van der Waals surface area contributed by atoms with Gasteiger partial charge in [0.05, 0.1) is 0 Å². The third-order valence-electron chi connectivity index (χ3n) is 15.2. The fraction of sp³-hybridized carbons (Fsp3) is 0.0303. The quantitative estimate of drug-likeness (QED) is 0.156. The number of aromatic nitrogens is 2. The molecule has 0 fully saturated rings. The Hall–Kier alpha value is -8.72. The van der Waals surface area contributed by atoms with Gasteiger partial charge in [-0.3, -0.25) is 0 Å². The lowest BCUT2D eigenvalue weighted by molar-refractivity contribution is 1.03. The van der Waals surface area contributed by atoms with Crippen LogP contribution in [0.2, 0.25) is 0 Å². The van der Waals surface area contributed by atoms with Gasteiger partial charge in [0.25, 0.3) is 0 Å². The predicted molar refractivity (Wildman–Crippen MR) is 288 cm³/mol. The summed E-state index contributed by atoms with van der Waals surface area (Å²) in [5, 5.41) is 13.0. The maximum atomic E-state index is 3.73. The summed E-state index contributed by atoms with van der Waals surface area (Å²) >= 11 is 0. The Morgan fingerprint density at radius 1 is 0.382 bits per heavy atom. The number of hydrogen-bond acceptors (Lipinski definition) is 0. The van der Waals surface area contributed by atoms with Crippen LogP contribution in [0.15, 0.2) is 218 Å². The summed E-state index contributed by atoms with van der Waals surface area (Å²) in [7, 11) is 0. The van der Waals surface area contributed by atoms with E-state index in [-0.39, 0.29) is 5.92 Å². The molecule has 2 N–H and O–H groups in total. The topological polar surface area (TPSA) is 31.6 Å². The van der Waals surface area contributed by atoms with E-state index >= 15 is 0 Å². The van der Waals surface area contributed by atoms with Crippen LogP contribution in [0.4, 0.5) is 0 Å². The Balaban J connectivity index is 0.709. The summed E-state index contributed by atoms with van der Waals surface area (Å²) < 4.78 is 0. The molecule has 2 heterocycles. The van der Waals surface area contributed by atoms with Gasteiger partial charge in [0.2, 0.25) is 0 Å². The molecule has 0 saturated heterocycles. The van der Waals surface area contributed by atoms with E-state index in [0.29, 0.717) is 0 Å². The molecule has 2 aliphatic rings. The van der Waals surface area contributed by atoms with Crippen LogP contribution in [0.25, 0.3) is 132 Å². The first-order valence-electron chi connectivity index (χ1n) is 23.8. The average molecular weight is 863 g/mol. The second kappa shape index (κ2) is 14.4. The summed E-state index contributed by atoms with van der Waals surface area (Å²) in [4.78, 5) is 7.41. The Morgan fingerprint density at radius 2 is 0.882 bits per heavy atom. The van der Waals surface area contributed by atoms with Crippen molar-refractivity contribution in [3.8, 4) is 55.8 Å². The van der Waals surface area contributed by atoms with Crippen LogP contribution in [0.1, 0.15) is 28.3 Å². The average Bonchev–Trinajstić information content (AvgIpc) is 4.05. The van der Waals surface area contributed by atoms with Crippen molar-refractivity contribution in [1.82, 2.24) is 9.97 Å². The number of hydrogen-bond donors (Lipinski definition) is 2. The van der Waals surface area contributed by atoms with Gasteiger partial charge in [-0.25, -0.2) is 0 Å². The number of rotatable bonds is 6. The Kier molecular flexibility index (Phi) is 7.93. The normalized spacial score (nSPS) is 14.3. The van der Waals surface area contributed by atoms with Gasteiger partial charge in [0, 0.05) is 39.3 Å². The van der Waals surface area contributed by atoms with Gasteiger partial charge >= 0.3 is 0 Å². The smallest absolute Gasteiger partial charge is 0.0471 e. The number of para-hydroxylation sites is 2. The number of allylic oxidation sites excluding steroid dienone is 3. The van der Waals surface area contributed by atoms with E-state index in [9.17, 15) is 0 Å². The molecule has 0 bridgehead atoms. The zero-order chi connectivity index (χ0) is 44.5. The maximum Gasteiger partial charge on any atom is 0.0471 e. The zero-order valence-corrected chi connectivity index (χ0v) is 37.1. The number of aromatic amines is 2. The highest BCUT2D eigenvalue weighted by Gasteiger charge is 2.28. The van der Waals surface area contributed by atoms with Gasteiger partial charge in [-0.2, -0.15) is 0 Å². The maximum absolute atomic E-state index is 3.73. The van der Waals surface area contributed by atoms with Gasteiger partial charge < -0.3 is 9.97 Å². The van der Waals surface area contributed by atoms with Crippen molar-refractivity contribution in [3.05, 3.63) is 241 Å². The second-order valence-electron chi connectivity index (χ2n) is 18.9. The molecule has 316 valence electrons. The van der Waals surface area contributed by atoms with E-state index in [1.54, 1.807) is 0 Å².